The average molecular weight is 242 g/mol. The second kappa shape index (κ2) is 4.33. The van der Waals surface area contributed by atoms with Gasteiger partial charge in [-0.3, -0.25) is 9.67 Å². The van der Waals surface area contributed by atoms with E-state index in [2.05, 4.69) is 17.0 Å². The first-order chi connectivity index (χ1) is 7.22. The third kappa shape index (κ3) is 2.06. The van der Waals surface area contributed by atoms with E-state index in [1.54, 1.807) is 11.3 Å². The van der Waals surface area contributed by atoms with Gasteiger partial charge in [0.05, 0.1) is 23.6 Å². The first-order valence-electron chi connectivity index (χ1n) is 4.68. The van der Waals surface area contributed by atoms with Crippen LogP contribution in [0.15, 0.2) is 11.7 Å². The second-order valence-electron chi connectivity index (χ2n) is 3.41. The molecule has 0 aliphatic carbocycles. The fraction of sp³-hybridized carbons (Fsp3) is 0.400. The maximum atomic E-state index is 5.87. The Balaban J connectivity index is 2.29. The van der Waals surface area contributed by atoms with Crippen LogP contribution in [-0.4, -0.2) is 14.8 Å². The normalized spacial score (nSPS) is 10.9. The molecule has 2 rings (SSSR count). The second-order valence-corrected chi connectivity index (χ2v) is 4.65. The molecule has 15 heavy (non-hydrogen) atoms. The number of aryl methyl sites for hydroxylation is 1. The lowest BCUT2D eigenvalue weighted by atomic mass is 10.2. The molecule has 0 aliphatic rings. The molecule has 0 saturated carbocycles. The van der Waals surface area contributed by atoms with E-state index in [4.69, 9.17) is 11.6 Å². The predicted molar refractivity (Wildman–Crippen MR) is 62.5 cm³/mol. The van der Waals surface area contributed by atoms with Crippen LogP contribution in [0.4, 0.5) is 0 Å². The molecule has 0 aromatic carbocycles. The highest BCUT2D eigenvalue weighted by Crippen LogP contribution is 2.17. The number of rotatable bonds is 3. The number of hydrogen-bond donors (Lipinski definition) is 0. The van der Waals surface area contributed by atoms with Crippen LogP contribution in [0.25, 0.3) is 0 Å². The van der Waals surface area contributed by atoms with Gasteiger partial charge in [-0.15, -0.1) is 22.9 Å². The highest BCUT2D eigenvalue weighted by molar-refractivity contribution is 7.09. The summed E-state index contributed by atoms with van der Waals surface area (Å²) in [6, 6.07) is 0. The summed E-state index contributed by atoms with van der Waals surface area (Å²) < 4.78 is 1.99. The van der Waals surface area contributed by atoms with Crippen molar-refractivity contribution in [1.29, 1.82) is 0 Å². The lowest BCUT2D eigenvalue weighted by Gasteiger charge is -2.01. The quantitative estimate of drug-likeness (QED) is 0.774. The van der Waals surface area contributed by atoms with Crippen molar-refractivity contribution in [2.24, 2.45) is 0 Å². The van der Waals surface area contributed by atoms with E-state index in [-0.39, 0.29) is 0 Å². The van der Waals surface area contributed by atoms with E-state index in [1.165, 1.54) is 4.88 Å². The molecule has 2 aromatic rings. The topological polar surface area (TPSA) is 30.7 Å². The van der Waals surface area contributed by atoms with E-state index < -0.39 is 0 Å². The van der Waals surface area contributed by atoms with Gasteiger partial charge < -0.3 is 0 Å². The largest absolute Gasteiger partial charge is 0.264 e. The summed E-state index contributed by atoms with van der Waals surface area (Å²) in [6.07, 6.45) is 1.88. The third-order valence-electron chi connectivity index (χ3n) is 2.45. The molecular weight excluding hydrogens is 230 g/mol. The molecule has 0 unspecified atom stereocenters. The molecular formula is C10H12ClN3S. The maximum Gasteiger partial charge on any atom is 0.0794 e. The minimum atomic E-state index is 0.528. The smallest absolute Gasteiger partial charge is 0.0794 e. The zero-order chi connectivity index (χ0) is 10.8. The van der Waals surface area contributed by atoms with E-state index in [0.717, 1.165) is 23.5 Å². The van der Waals surface area contributed by atoms with E-state index in [0.29, 0.717) is 5.88 Å². The minimum absolute atomic E-state index is 0.528. The summed E-state index contributed by atoms with van der Waals surface area (Å²) in [4.78, 5) is 5.26. The lowest BCUT2D eigenvalue weighted by molar-refractivity contribution is 0.664. The number of aromatic nitrogens is 3. The van der Waals surface area contributed by atoms with Crippen molar-refractivity contribution < 1.29 is 0 Å². The van der Waals surface area contributed by atoms with Crippen molar-refractivity contribution in [2.75, 3.05) is 0 Å². The molecule has 0 bridgehead atoms. The first kappa shape index (κ1) is 10.6. The molecule has 0 atom stereocenters. The van der Waals surface area contributed by atoms with Crippen LogP contribution >= 0.6 is 22.9 Å². The number of alkyl halides is 1. The fourth-order valence-electron chi connectivity index (χ4n) is 1.55. The Morgan fingerprint density at radius 1 is 1.47 bits per heavy atom. The van der Waals surface area contributed by atoms with Gasteiger partial charge in [-0.2, -0.15) is 5.10 Å². The maximum absolute atomic E-state index is 5.87. The summed E-state index contributed by atoms with van der Waals surface area (Å²) in [7, 11) is 0. The zero-order valence-corrected chi connectivity index (χ0v) is 10.3. The molecule has 2 aromatic heterocycles. The monoisotopic (exact) mass is 241 g/mol. The van der Waals surface area contributed by atoms with Crippen LogP contribution < -0.4 is 0 Å². The van der Waals surface area contributed by atoms with E-state index >= 15 is 0 Å². The summed E-state index contributed by atoms with van der Waals surface area (Å²) in [6.45, 7) is 4.83. The number of halogens is 1. The molecule has 5 heteroatoms. The Bertz CT molecular complexity index is 447. The number of nitrogens with zero attached hydrogens (tertiary/aromatic N) is 3. The third-order valence-corrected chi connectivity index (χ3v) is 3.49. The highest BCUT2D eigenvalue weighted by atomic mass is 35.5. The van der Waals surface area contributed by atoms with Crippen LogP contribution in [0.3, 0.4) is 0 Å². The van der Waals surface area contributed by atoms with Crippen molar-refractivity contribution >= 4 is 22.9 Å². The predicted octanol–water partition coefficient (Wildman–Crippen LogP) is 2.74. The van der Waals surface area contributed by atoms with Gasteiger partial charge in [0.2, 0.25) is 0 Å². The first-order valence-corrected chi connectivity index (χ1v) is 6.10. The molecule has 0 aliphatic heterocycles. The Morgan fingerprint density at radius 3 is 2.80 bits per heavy atom. The summed E-state index contributed by atoms with van der Waals surface area (Å²) >= 11 is 7.51. The number of thiazole rings is 1. The molecule has 0 N–H and O–H groups in total. The highest BCUT2D eigenvalue weighted by Gasteiger charge is 2.10. The summed E-state index contributed by atoms with van der Waals surface area (Å²) in [5, 5.41) is 4.47. The van der Waals surface area contributed by atoms with Gasteiger partial charge >= 0.3 is 0 Å². The van der Waals surface area contributed by atoms with Crippen LogP contribution in [0, 0.1) is 13.8 Å². The molecule has 80 valence electrons. The number of hydrogen-bond acceptors (Lipinski definition) is 3. The molecule has 0 saturated heterocycles. The van der Waals surface area contributed by atoms with E-state index in [1.807, 2.05) is 23.3 Å². The van der Waals surface area contributed by atoms with Gasteiger partial charge in [-0.1, -0.05) is 0 Å². The molecule has 2 heterocycles. The van der Waals surface area contributed by atoms with Crippen molar-refractivity contribution in [3.05, 3.63) is 33.5 Å². The van der Waals surface area contributed by atoms with Crippen LogP contribution in [0.1, 0.15) is 21.8 Å². The molecule has 0 radical (unpaired) electrons. The van der Waals surface area contributed by atoms with Crippen LogP contribution in [-0.2, 0) is 12.4 Å². The Kier molecular flexibility index (Phi) is 3.07. The molecule has 0 spiro atoms. The summed E-state index contributed by atoms with van der Waals surface area (Å²) in [5.41, 5.74) is 5.15. The Hall–Kier alpha value is -0.870. The lowest BCUT2D eigenvalue weighted by Crippen LogP contribution is -2.02. The van der Waals surface area contributed by atoms with E-state index in [9.17, 15) is 0 Å². The Morgan fingerprint density at radius 2 is 2.27 bits per heavy atom. The molecule has 0 amide bonds. The Labute approximate surface area is 97.7 Å². The van der Waals surface area contributed by atoms with Crippen LogP contribution in [0.2, 0.25) is 0 Å². The van der Waals surface area contributed by atoms with Gasteiger partial charge in [0.25, 0.3) is 0 Å². The fourth-order valence-corrected chi connectivity index (χ4v) is 2.51. The molecule has 3 nitrogen and oxygen atoms in total. The van der Waals surface area contributed by atoms with Crippen molar-refractivity contribution in [3.8, 4) is 0 Å². The van der Waals surface area contributed by atoms with Crippen LogP contribution in [0.5, 0.6) is 0 Å². The van der Waals surface area contributed by atoms with Crippen molar-refractivity contribution in [1.82, 2.24) is 14.8 Å². The van der Waals surface area contributed by atoms with Crippen molar-refractivity contribution in [2.45, 2.75) is 26.3 Å². The van der Waals surface area contributed by atoms with Gasteiger partial charge in [-0.05, 0) is 13.8 Å². The van der Waals surface area contributed by atoms with Gasteiger partial charge in [0.15, 0.2) is 0 Å². The standard InChI is InChI=1S/C10H12ClN3S/c1-7-10(3-11)8(2)14(13-7)5-9-4-12-6-15-9/h4,6H,3,5H2,1-2H3. The SMILES string of the molecule is Cc1nn(Cc2cncs2)c(C)c1CCl. The van der Waals surface area contributed by atoms with Gasteiger partial charge in [0, 0.05) is 22.3 Å². The average Bonchev–Trinajstić information content (AvgIpc) is 2.78. The molecule has 0 fully saturated rings. The minimum Gasteiger partial charge on any atom is -0.264 e. The van der Waals surface area contributed by atoms with Gasteiger partial charge in [0.1, 0.15) is 0 Å². The zero-order valence-electron chi connectivity index (χ0n) is 8.70. The van der Waals surface area contributed by atoms with Gasteiger partial charge in [-0.25, -0.2) is 0 Å². The van der Waals surface area contributed by atoms with Crippen molar-refractivity contribution in [3.63, 3.8) is 0 Å². The summed E-state index contributed by atoms with van der Waals surface area (Å²) in [5.74, 6) is 0.528.